The van der Waals surface area contributed by atoms with Gasteiger partial charge in [0.25, 0.3) is 0 Å². The second-order valence-electron chi connectivity index (χ2n) is 27.6. The first-order valence-electron chi connectivity index (χ1n) is 40.9. The van der Waals surface area contributed by atoms with E-state index >= 15 is 0 Å². The normalized spacial score (nSPS) is 14.4. The zero-order valence-corrected chi connectivity index (χ0v) is 66.1. The number of phosphoric ester groups is 2. The van der Waals surface area contributed by atoms with Crippen LogP contribution in [-0.2, 0) is 55.8 Å². The molecule has 0 aromatic carbocycles. The average molecular weight is 1470 g/mol. The van der Waals surface area contributed by atoms with Gasteiger partial charge in [-0.1, -0.05) is 337 Å². The molecule has 5 unspecified atom stereocenters. The van der Waals surface area contributed by atoms with Crippen molar-refractivity contribution in [1.29, 1.82) is 0 Å². The van der Waals surface area contributed by atoms with Crippen molar-refractivity contribution < 1.29 is 75.8 Å². The highest BCUT2D eigenvalue weighted by atomic mass is 31.2. The summed E-state index contributed by atoms with van der Waals surface area (Å²) in [6.45, 7) is 2.57. The standard InChI is InChI=1S/C83H150O16P2/c1-4-7-10-13-16-19-22-25-28-29-30-31-32-33-34-35-36-37-38-39-40-41-42-43-44-45-46-47-50-52-54-57-60-63-66-69-81(86)93-72-78(84)73-95-100(89,90)96-74-79(85)75-97-101(91,92)98-77-80(99-83(88)71-68-65-62-59-56-53-49-27-24-21-18-15-12-9-6-3)76-94-82(87)70-67-64-61-58-55-51-48-26-23-20-17-14-11-8-5-2/h8,11,16-17,19-20,25-26,28,30-31,33-34,48,78-80,84-85H,4-7,9-10,12-15,18,21-24,27,29,32,35-47,49-77H2,1-3H3,(H,89,90)(H,91,92)/b11-8-,19-16-,20-17-,28-25-,31-30-,34-33-,48-26-. The summed E-state index contributed by atoms with van der Waals surface area (Å²) in [7, 11) is -9.78. The van der Waals surface area contributed by atoms with Gasteiger partial charge in [-0.2, -0.15) is 0 Å². The maximum Gasteiger partial charge on any atom is 0.472 e. The van der Waals surface area contributed by atoms with Crippen LogP contribution in [0.4, 0.5) is 0 Å². The number of aliphatic hydroxyl groups is 2. The van der Waals surface area contributed by atoms with Crippen LogP contribution in [0.3, 0.4) is 0 Å². The lowest BCUT2D eigenvalue weighted by molar-refractivity contribution is -0.161. The number of hydrogen-bond donors (Lipinski definition) is 4. The van der Waals surface area contributed by atoms with Crippen molar-refractivity contribution in [2.75, 3.05) is 39.6 Å². The van der Waals surface area contributed by atoms with Crippen LogP contribution < -0.4 is 0 Å². The lowest BCUT2D eigenvalue weighted by Gasteiger charge is -2.21. The van der Waals surface area contributed by atoms with Gasteiger partial charge in [0.1, 0.15) is 25.4 Å². The third-order valence-corrected chi connectivity index (χ3v) is 19.5. The van der Waals surface area contributed by atoms with Crippen molar-refractivity contribution in [3.63, 3.8) is 0 Å². The van der Waals surface area contributed by atoms with Crippen LogP contribution in [0.1, 0.15) is 367 Å². The van der Waals surface area contributed by atoms with Crippen molar-refractivity contribution in [1.82, 2.24) is 0 Å². The molecule has 0 heterocycles. The fraction of sp³-hybridized carbons (Fsp3) is 0.795. The van der Waals surface area contributed by atoms with E-state index in [1.54, 1.807) is 0 Å². The van der Waals surface area contributed by atoms with E-state index in [0.717, 1.165) is 116 Å². The number of carbonyl (C=O) groups is 3. The smallest absolute Gasteiger partial charge is 0.463 e. The molecule has 0 radical (unpaired) electrons. The van der Waals surface area contributed by atoms with Crippen LogP contribution in [0, 0.1) is 0 Å². The number of rotatable bonds is 78. The second kappa shape index (κ2) is 76.4. The Balaban J connectivity index is 4.33. The van der Waals surface area contributed by atoms with Crippen LogP contribution in [0.5, 0.6) is 0 Å². The third-order valence-electron chi connectivity index (χ3n) is 17.6. The van der Waals surface area contributed by atoms with E-state index in [1.807, 2.05) is 0 Å². The predicted octanol–water partition coefficient (Wildman–Crippen LogP) is 24.0. The summed E-state index contributed by atoms with van der Waals surface area (Å²) in [4.78, 5) is 58.6. The van der Waals surface area contributed by atoms with Gasteiger partial charge in [0.15, 0.2) is 6.10 Å². The zero-order chi connectivity index (χ0) is 73.7. The molecular formula is C83H150O16P2. The molecule has 5 atom stereocenters. The summed E-state index contributed by atoms with van der Waals surface area (Å²) in [5.41, 5.74) is 0. The van der Waals surface area contributed by atoms with Crippen LogP contribution >= 0.6 is 15.6 Å². The van der Waals surface area contributed by atoms with E-state index in [0.29, 0.717) is 19.3 Å². The number of allylic oxidation sites excluding steroid dienone is 14. The summed E-state index contributed by atoms with van der Waals surface area (Å²) < 4.78 is 61.1. The second-order valence-corrected chi connectivity index (χ2v) is 30.5. The summed E-state index contributed by atoms with van der Waals surface area (Å²) >= 11 is 0. The van der Waals surface area contributed by atoms with Gasteiger partial charge in [-0.3, -0.25) is 32.5 Å². The number of carbonyl (C=O) groups excluding carboxylic acids is 3. The van der Waals surface area contributed by atoms with E-state index in [1.165, 1.54) is 193 Å². The highest BCUT2D eigenvalue weighted by Crippen LogP contribution is 2.45. The molecule has 0 rings (SSSR count). The Morgan fingerprint density at radius 1 is 0.287 bits per heavy atom. The van der Waals surface area contributed by atoms with Gasteiger partial charge >= 0.3 is 33.6 Å². The van der Waals surface area contributed by atoms with Crippen LogP contribution in [0.25, 0.3) is 0 Å². The zero-order valence-electron chi connectivity index (χ0n) is 64.3. The summed E-state index contributed by atoms with van der Waals surface area (Å²) in [5, 5.41) is 20.6. The summed E-state index contributed by atoms with van der Waals surface area (Å²) in [6, 6.07) is 0. The molecule has 18 heteroatoms. The van der Waals surface area contributed by atoms with Gasteiger partial charge in [-0.05, 0) is 96.3 Å². The lowest BCUT2D eigenvalue weighted by atomic mass is 10.0. The molecule has 0 bridgehead atoms. The number of ether oxygens (including phenoxy) is 3. The first-order chi connectivity index (χ1) is 49.2. The number of hydrogen-bond acceptors (Lipinski definition) is 14. The Bertz CT molecular complexity index is 2180. The van der Waals surface area contributed by atoms with Crippen molar-refractivity contribution in [3.8, 4) is 0 Å². The van der Waals surface area contributed by atoms with Crippen molar-refractivity contribution in [2.45, 2.75) is 386 Å². The van der Waals surface area contributed by atoms with Crippen LogP contribution in [-0.4, -0.2) is 95.9 Å². The van der Waals surface area contributed by atoms with Gasteiger partial charge in [0.05, 0.1) is 26.4 Å². The van der Waals surface area contributed by atoms with Gasteiger partial charge in [-0.15, -0.1) is 0 Å². The highest BCUT2D eigenvalue weighted by Gasteiger charge is 2.29. The number of unbranched alkanes of at least 4 members (excludes halogenated alkanes) is 41. The number of phosphoric acid groups is 2. The fourth-order valence-electron chi connectivity index (χ4n) is 11.4. The molecule has 0 aromatic rings. The third kappa shape index (κ3) is 77.6. The summed E-state index contributed by atoms with van der Waals surface area (Å²) in [5.74, 6) is -1.57. The topological polar surface area (TPSA) is 231 Å². The Kier molecular flexibility index (Phi) is 73.9. The molecule has 0 aliphatic heterocycles. The SMILES string of the molecule is CC/C=C\C/C=C\C/C=C\CCCCCCCC(=O)OCC(COP(=O)(O)OCC(O)COP(=O)(O)OCC(O)COC(=O)CCCCCCCCCCCCCCCCCCCCC/C=C\C/C=C\C/C=C\C/C=C\CCCCC)OC(=O)CCCCCCCCCCCCCCCCC. The molecule has 0 aliphatic rings. The van der Waals surface area contributed by atoms with E-state index < -0.39 is 91.5 Å². The first-order valence-corrected chi connectivity index (χ1v) is 43.9. The molecule has 16 nitrogen and oxygen atoms in total. The first kappa shape index (κ1) is 97.7. The van der Waals surface area contributed by atoms with E-state index in [9.17, 15) is 43.5 Å². The number of esters is 3. The molecule has 4 N–H and O–H groups in total. The van der Waals surface area contributed by atoms with Crippen molar-refractivity contribution >= 4 is 33.6 Å². The van der Waals surface area contributed by atoms with E-state index in [-0.39, 0.29) is 19.3 Å². The molecule has 0 aliphatic carbocycles. The quantitative estimate of drug-likeness (QED) is 0.0146. The van der Waals surface area contributed by atoms with Crippen LogP contribution in [0.2, 0.25) is 0 Å². The van der Waals surface area contributed by atoms with Gasteiger partial charge in [-0.25, -0.2) is 9.13 Å². The number of aliphatic hydroxyl groups excluding tert-OH is 2. The van der Waals surface area contributed by atoms with Gasteiger partial charge in [0.2, 0.25) is 0 Å². The summed E-state index contributed by atoms with van der Waals surface area (Å²) in [6.07, 6.45) is 86.6. The van der Waals surface area contributed by atoms with E-state index in [2.05, 4.69) is 106 Å². The fourth-order valence-corrected chi connectivity index (χ4v) is 13.0. The average Bonchev–Trinajstić information content (AvgIpc) is 0.942. The Hall–Kier alpha value is -3.27. The largest absolute Gasteiger partial charge is 0.472 e. The lowest BCUT2D eigenvalue weighted by Crippen LogP contribution is -2.30. The Morgan fingerprint density at radius 2 is 0.525 bits per heavy atom. The Labute approximate surface area is 616 Å². The van der Waals surface area contributed by atoms with Crippen molar-refractivity contribution in [2.24, 2.45) is 0 Å². The Morgan fingerprint density at radius 3 is 0.851 bits per heavy atom. The highest BCUT2D eigenvalue weighted by molar-refractivity contribution is 7.47. The molecule has 0 saturated carbocycles. The van der Waals surface area contributed by atoms with Gasteiger partial charge < -0.3 is 34.2 Å². The minimum Gasteiger partial charge on any atom is -0.463 e. The maximum atomic E-state index is 12.9. The predicted molar refractivity (Wildman–Crippen MR) is 418 cm³/mol. The molecule has 101 heavy (non-hydrogen) atoms. The minimum absolute atomic E-state index is 0.106. The molecule has 0 saturated heterocycles. The maximum absolute atomic E-state index is 12.9. The molecule has 0 fully saturated rings. The molecule has 0 spiro atoms. The molecule has 0 amide bonds. The van der Waals surface area contributed by atoms with Crippen LogP contribution in [0.15, 0.2) is 85.1 Å². The minimum atomic E-state index is -4.93. The molecule has 0 aromatic heterocycles. The van der Waals surface area contributed by atoms with E-state index in [4.69, 9.17) is 32.3 Å². The monoisotopic (exact) mass is 1470 g/mol. The molecule has 588 valence electrons. The van der Waals surface area contributed by atoms with Crippen molar-refractivity contribution in [3.05, 3.63) is 85.1 Å². The molecular weight excluding hydrogens is 1310 g/mol. The van der Waals surface area contributed by atoms with Gasteiger partial charge in [0, 0.05) is 19.3 Å².